The molecule has 1 aliphatic rings. The summed E-state index contributed by atoms with van der Waals surface area (Å²) in [5, 5.41) is 0. The van der Waals surface area contributed by atoms with Gasteiger partial charge in [-0.15, -0.1) is 0 Å². The van der Waals surface area contributed by atoms with E-state index in [0.717, 1.165) is 43.6 Å². The maximum atomic E-state index is 12.1. The van der Waals surface area contributed by atoms with Crippen LogP contribution in [0.3, 0.4) is 0 Å². The third-order valence-corrected chi connectivity index (χ3v) is 6.63. The van der Waals surface area contributed by atoms with E-state index in [1.807, 2.05) is 12.1 Å². The second-order valence-corrected chi connectivity index (χ2v) is 7.83. The van der Waals surface area contributed by atoms with Gasteiger partial charge in [0.2, 0.25) is 0 Å². The number of nitrogens with zero attached hydrogens (tertiary/aromatic N) is 1. The van der Waals surface area contributed by atoms with Crippen molar-refractivity contribution in [1.29, 1.82) is 0 Å². The molecule has 0 aliphatic carbocycles. The van der Waals surface area contributed by atoms with Crippen LogP contribution in [0, 0.1) is 10.7 Å². The van der Waals surface area contributed by atoms with Gasteiger partial charge in [0, 0.05) is 30.3 Å². The van der Waals surface area contributed by atoms with Crippen molar-refractivity contribution in [2.45, 2.75) is 0 Å². The van der Waals surface area contributed by atoms with E-state index < -0.39 is 0 Å². The van der Waals surface area contributed by atoms with Gasteiger partial charge in [0.1, 0.15) is 6.61 Å². The number of rotatable bonds is 4. The van der Waals surface area contributed by atoms with Gasteiger partial charge in [0.15, 0.2) is 0 Å². The van der Waals surface area contributed by atoms with Gasteiger partial charge in [-0.1, -0.05) is 0 Å². The minimum absolute atomic E-state index is 0.237. The quantitative estimate of drug-likeness (QED) is 0.298. The van der Waals surface area contributed by atoms with Gasteiger partial charge in [-0.05, 0) is 79.9 Å². The predicted octanol–water partition coefficient (Wildman–Crippen LogP) is 2.99. The first-order chi connectivity index (χ1) is 9.58. The number of hydrogen-bond acceptors (Lipinski definition) is 4. The largest absolute Gasteiger partial charge is 0.461 e. The van der Waals surface area contributed by atoms with Crippen LogP contribution in [-0.2, 0) is 9.47 Å². The summed E-state index contributed by atoms with van der Waals surface area (Å²) in [4.78, 5) is 14.4. The monoisotopic (exact) mass is 613 g/mol. The van der Waals surface area contributed by atoms with Crippen molar-refractivity contribution in [3.05, 3.63) is 28.4 Å². The van der Waals surface area contributed by atoms with E-state index in [0.29, 0.717) is 12.2 Å². The van der Waals surface area contributed by atoms with E-state index in [4.69, 9.17) is 9.47 Å². The average Bonchev–Trinajstić information content (AvgIpc) is 2.44. The van der Waals surface area contributed by atoms with Crippen molar-refractivity contribution >= 4 is 73.7 Å². The van der Waals surface area contributed by atoms with Crippen LogP contribution in [0.1, 0.15) is 10.4 Å². The number of ether oxygens (including phenoxy) is 2. The molecule has 1 aromatic carbocycles. The Balaban J connectivity index is 1.88. The minimum Gasteiger partial charge on any atom is -0.461 e. The molecule has 0 atom stereocenters. The minimum atomic E-state index is -0.237. The molecule has 7 heteroatoms. The first kappa shape index (κ1) is 17.2. The number of carbonyl (C=O) groups excluding carboxylic acids is 1. The van der Waals surface area contributed by atoms with E-state index in [9.17, 15) is 4.79 Å². The number of halogens is 3. The Morgan fingerprint density at radius 3 is 2.65 bits per heavy atom. The zero-order valence-electron chi connectivity index (χ0n) is 10.7. The summed E-state index contributed by atoms with van der Waals surface area (Å²) in [6.07, 6.45) is 0. The van der Waals surface area contributed by atoms with Crippen molar-refractivity contribution in [2.75, 3.05) is 39.5 Å². The lowest BCUT2D eigenvalue weighted by atomic mass is 10.2. The molecule has 0 unspecified atom stereocenters. The van der Waals surface area contributed by atoms with E-state index in [-0.39, 0.29) is 5.97 Å². The Morgan fingerprint density at radius 1 is 1.25 bits per heavy atom. The van der Waals surface area contributed by atoms with E-state index >= 15 is 0 Å². The van der Waals surface area contributed by atoms with Gasteiger partial charge >= 0.3 is 5.97 Å². The number of esters is 1. The van der Waals surface area contributed by atoms with Crippen molar-refractivity contribution < 1.29 is 14.3 Å². The van der Waals surface area contributed by atoms with Crippen LogP contribution in [0.15, 0.2) is 12.1 Å². The van der Waals surface area contributed by atoms with E-state index in [1.165, 1.54) is 0 Å². The van der Waals surface area contributed by atoms with Crippen LogP contribution >= 0.6 is 67.8 Å². The lowest BCUT2D eigenvalue weighted by molar-refractivity contribution is 0.0195. The van der Waals surface area contributed by atoms with Crippen LogP contribution in [0.25, 0.3) is 0 Å². The van der Waals surface area contributed by atoms with Crippen LogP contribution in [-0.4, -0.2) is 50.3 Å². The molecule has 2 rings (SSSR count). The summed E-state index contributed by atoms with van der Waals surface area (Å²) in [6, 6.07) is 3.93. The predicted molar refractivity (Wildman–Crippen MR) is 102 cm³/mol. The van der Waals surface area contributed by atoms with Crippen molar-refractivity contribution in [3.8, 4) is 0 Å². The highest BCUT2D eigenvalue weighted by Crippen LogP contribution is 2.23. The van der Waals surface area contributed by atoms with Gasteiger partial charge in [-0.25, -0.2) is 4.79 Å². The first-order valence-electron chi connectivity index (χ1n) is 6.19. The maximum Gasteiger partial charge on any atom is 0.339 e. The summed E-state index contributed by atoms with van der Waals surface area (Å²) in [6.45, 7) is 4.55. The van der Waals surface area contributed by atoms with E-state index in [2.05, 4.69) is 72.7 Å². The fourth-order valence-electron chi connectivity index (χ4n) is 1.87. The second-order valence-electron chi connectivity index (χ2n) is 4.34. The summed E-state index contributed by atoms with van der Waals surface area (Å²) < 4.78 is 13.8. The zero-order chi connectivity index (χ0) is 14.5. The van der Waals surface area contributed by atoms with Crippen molar-refractivity contribution in [3.63, 3.8) is 0 Å². The molecule has 4 nitrogen and oxygen atoms in total. The van der Waals surface area contributed by atoms with Crippen LogP contribution < -0.4 is 0 Å². The second kappa shape index (κ2) is 8.44. The molecular formula is C13H14I3NO3. The molecule has 0 radical (unpaired) electrons. The SMILES string of the molecule is O=C(OCCN1CCOCC1)c1cc(I)cc(I)c1I. The van der Waals surface area contributed by atoms with Gasteiger partial charge in [-0.3, -0.25) is 4.90 Å². The molecule has 1 fully saturated rings. The van der Waals surface area contributed by atoms with Gasteiger partial charge in [-0.2, -0.15) is 0 Å². The van der Waals surface area contributed by atoms with Gasteiger partial charge in [0.05, 0.1) is 18.8 Å². The third-order valence-electron chi connectivity index (χ3n) is 2.96. The average molecular weight is 613 g/mol. The van der Waals surface area contributed by atoms with Crippen LogP contribution in [0.5, 0.6) is 0 Å². The Kier molecular flexibility index (Phi) is 7.24. The molecule has 0 saturated carbocycles. The molecule has 0 aromatic heterocycles. The lowest BCUT2D eigenvalue weighted by Crippen LogP contribution is -2.38. The van der Waals surface area contributed by atoms with Crippen LogP contribution in [0.4, 0.5) is 0 Å². The number of benzene rings is 1. The topological polar surface area (TPSA) is 38.8 Å². The molecule has 1 saturated heterocycles. The molecule has 1 aliphatic heterocycles. The molecule has 110 valence electrons. The third kappa shape index (κ3) is 4.92. The molecule has 0 spiro atoms. The smallest absolute Gasteiger partial charge is 0.339 e. The lowest BCUT2D eigenvalue weighted by Gasteiger charge is -2.26. The van der Waals surface area contributed by atoms with Gasteiger partial charge < -0.3 is 9.47 Å². The Bertz CT molecular complexity index is 490. The molecular weight excluding hydrogens is 599 g/mol. The molecule has 0 N–H and O–H groups in total. The fourth-order valence-corrected chi connectivity index (χ4v) is 4.25. The zero-order valence-corrected chi connectivity index (χ0v) is 17.2. The normalized spacial score (nSPS) is 16.1. The molecule has 0 amide bonds. The summed E-state index contributed by atoms with van der Waals surface area (Å²) >= 11 is 6.65. The summed E-state index contributed by atoms with van der Waals surface area (Å²) in [5.74, 6) is -0.237. The Hall–Kier alpha value is 0.800. The first-order valence-corrected chi connectivity index (χ1v) is 9.43. The number of hydrogen-bond donors (Lipinski definition) is 0. The Labute approximate surface area is 159 Å². The molecule has 1 aromatic rings. The van der Waals surface area contributed by atoms with E-state index in [1.54, 1.807) is 0 Å². The standard InChI is InChI=1S/C13H14I3NO3/c14-9-7-10(12(16)11(15)8-9)13(18)20-6-3-17-1-4-19-5-2-17/h7-8H,1-6H2. The number of morpholine rings is 1. The van der Waals surface area contributed by atoms with Gasteiger partial charge in [0.25, 0.3) is 0 Å². The number of carbonyl (C=O) groups is 1. The molecule has 0 bridgehead atoms. The highest BCUT2D eigenvalue weighted by atomic mass is 127. The Morgan fingerprint density at radius 2 is 1.95 bits per heavy atom. The van der Waals surface area contributed by atoms with Crippen molar-refractivity contribution in [2.24, 2.45) is 0 Å². The molecule has 20 heavy (non-hydrogen) atoms. The summed E-state index contributed by atoms with van der Waals surface area (Å²) in [5.41, 5.74) is 0.656. The fraction of sp³-hybridized carbons (Fsp3) is 0.462. The van der Waals surface area contributed by atoms with Crippen LogP contribution in [0.2, 0.25) is 0 Å². The molecule has 1 heterocycles. The summed E-state index contributed by atoms with van der Waals surface area (Å²) in [7, 11) is 0. The van der Waals surface area contributed by atoms with Crippen molar-refractivity contribution in [1.82, 2.24) is 4.90 Å². The highest BCUT2D eigenvalue weighted by Gasteiger charge is 2.16. The maximum absolute atomic E-state index is 12.1. The highest BCUT2D eigenvalue weighted by molar-refractivity contribution is 14.1.